The molecule has 0 bridgehead atoms. The van der Waals surface area contributed by atoms with Gasteiger partial charge in [-0.05, 0) is 20.3 Å². The van der Waals surface area contributed by atoms with E-state index in [1.165, 1.54) is 25.7 Å². The third-order valence-corrected chi connectivity index (χ3v) is 4.80. The van der Waals surface area contributed by atoms with Crippen LogP contribution in [0.15, 0.2) is 0 Å². The van der Waals surface area contributed by atoms with E-state index in [-0.39, 0.29) is 0 Å². The van der Waals surface area contributed by atoms with Gasteiger partial charge in [-0.1, -0.05) is 32.6 Å². The summed E-state index contributed by atoms with van der Waals surface area (Å²) in [7, 11) is -2.81. The van der Waals surface area contributed by atoms with Crippen molar-refractivity contribution in [3.63, 3.8) is 0 Å². The molecule has 0 atom stereocenters. The van der Waals surface area contributed by atoms with Crippen molar-refractivity contribution in [2.24, 2.45) is 0 Å². The van der Waals surface area contributed by atoms with E-state index in [9.17, 15) is 4.80 Å². The van der Waals surface area contributed by atoms with E-state index in [1.807, 2.05) is 13.8 Å². The molecule has 0 aromatic heterocycles. The first kappa shape index (κ1) is 15.1. The molecule has 1 N–H and O–H groups in total. The zero-order chi connectivity index (χ0) is 11.6. The van der Waals surface area contributed by atoms with Gasteiger partial charge in [0.25, 0.3) is 0 Å². The molecule has 0 saturated carbocycles. The van der Waals surface area contributed by atoms with E-state index in [4.69, 9.17) is 8.85 Å². The van der Waals surface area contributed by atoms with Crippen molar-refractivity contribution in [2.45, 2.75) is 58.9 Å². The number of rotatable bonds is 10. The van der Waals surface area contributed by atoms with Gasteiger partial charge in [0.2, 0.25) is 0 Å². The van der Waals surface area contributed by atoms with Gasteiger partial charge in [-0.25, -0.2) is 0 Å². The average molecular weight is 234 g/mol. The SMILES string of the molecule is CCCCCCC[Si](O)(OCC)OCC. The van der Waals surface area contributed by atoms with Crippen LogP contribution in [0.1, 0.15) is 52.9 Å². The van der Waals surface area contributed by atoms with E-state index in [0.717, 1.165) is 6.42 Å². The molecule has 0 rings (SSSR count). The zero-order valence-electron chi connectivity index (χ0n) is 10.4. The Bertz CT molecular complexity index is 136. The molecule has 0 aromatic carbocycles. The molecular formula is C11H26O3Si. The molecule has 0 fully saturated rings. The van der Waals surface area contributed by atoms with Crippen molar-refractivity contribution in [3.05, 3.63) is 0 Å². The van der Waals surface area contributed by atoms with Crippen molar-refractivity contribution < 1.29 is 13.6 Å². The lowest BCUT2D eigenvalue weighted by atomic mass is 10.2. The number of hydrogen-bond acceptors (Lipinski definition) is 3. The van der Waals surface area contributed by atoms with Crippen LogP contribution in [0.4, 0.5) is 0 Å². The Morgan fingerprint density at radius 1 is 0.867 bits per heavy atom. The standard InChI is InChI=1S/C11H26O3Si/c1-4-7-8-9-10-11-15(12,13-5-2)14-6-3/h12H,4-11H2,1-3H3. The van der Waals surface area contributed by atoms with Crippen LogP contribution in [0.3, 0.4) is 0 Å². The van der Waals surface area contributed by atoms with Crippen LogP contribution in [0, 0.1) is 0 Å². The molecular weight excluding hydrogens is 208 g/mol. The monoisotopic (exact) mass is 234 g/mol. The summed E-state index contributed by atoms with van der Waals surface area (Å²) in [5.74, 6) is 0. The second kappa shape index (κ2) is 9.33. The topological polar surface area (TPSA) is 38.7 Å². The summed E-state index contributed by atoms with van der Waals surface area (Å²) in [5, 5.41) is 0. The van der Waals surface area contributed by atoms with Gasteiger partial charge in [0.1, 0.15) is 0 Å². The Kier molecular flexibility index (Phi) is 9.39. The highest BCUT2D eigenvalue weighted by molar-refractivity contribution is 6.59. The van der Waals surface area contributed by atoms with Gasteiger partial charge in [0.15, 0.2) is 0 Å². The van der Waals surface area contributed by atoms with Crippen LogP contribution in [-0.2, 0) is 8.85 Å². The van der Waals surface area contributed by atoms with Crippen LogP contribution in [0.5, 0.6) is 0 Å². The van der Waals surface area contributed by atoms with Gasteiger partial charge in [-0.2, -0.15) is 0 Å². The largest absolute Gasteiger partial charge is 0.498 e. The number of unbranched alkanes of at least 4 members (excludes halogenated alkanes) is 4. The van der Waals surface area contributed by atoms with Crippen LogP contribution >= 0.6 is 0 Å². The summed E-state index contributed by atoms with van der Waals surface area (Å²) in [4.78, 5) is 10.1. The lowest BCUT2D eigenvalue weighted by Crippen LogP contribution is -2.42. The van der Waals surface area contributed by atoms with Crippen molar-refractivity contribution in [3.8, 4) is 0 Å². The first-order valence-electron chi connectivity index (χ1n) is 6.18. The quantitative estimate of drug-likeness (QED) is 0.466. The highest BCUT2D eigenvalue weighted by Gasteiger charge is 2.35. The highest BCUT2D eigenvalue weighted by Crippen LogP contribution is 2.16. The van der Waals surface area contributed by atoms with Gasteiger partial charge >= 0.3 is 8.80 Å². The minimum absolute atomic E-state index is 0.539. The van der Waals surface area contributed by atoms with Crippen LogP contribution < -0.4 is 0 Å². The van der Waals surface area contributed by atoms with Crippen molar-refractivity contribution in [1.82, 2.24) is 0 Å². The lowest BCUT2D eigenvalue weighted by Gasteiger charge is -2.22. The third kappa shape index (κ3) is 7.96. The minimum atomic E-state index is -2.81. The van der Waals surface area contributed by atoms with E-state index >= 15 is 0 Å². The maximum atomic E-state index is 10.1. The first-order chi connectivity index (χ1) is 7.18. The van der Waals surface area contributed by atoms with Gasteiger partial charge in [0.05, 0.1) is 0 Å². The van der Waals surface area contributed by atoms with Gasteiger partial charge in [-0.3, -0.25) is 0 Å². The molecule has 0 radical (unpaired) electrons. The van der Waals surface area contributed by atoms with E-state index < -0.39 is 8.80 Å². The summed E-state index contributed by atoms with van der Waals surface area (Å²) < 4.78 is 10.7. The third-order valence-electron chi connectivity index (χ3n) is 2.34. The molecule has 0 spiro atoms. The van der Waals surface area contributed by atoms with Crippen LogP contribution in [0.25, 0.3) is 0 Å². The van der Waals surface area contributed by atoms with Gasteiger partial charge in [-0.15, -0.1) is 0 Å². The molecule has 0 aliphatic carbocycles. The fourth-order valence-corrected chi connectivity index (χ4v) is 3.56. The van der Waals surface area contributed by atoms with E-state index in [2.05, 4.69) is 6.92 Å². The first-order valence-corrected chi connectivity index (χ1v) is 8.15. The maximum absolute atomic E-state index is 10.1. The highest BCUT2D eigenvalue weighted by atomic mass is 28.4. The molecule has 15 heavy (non-hydrogen) atoms. The minimum Gasteiger partial charge on any atom is -0.390 e. The van der Waals surface area contributed by atoms with Gasteiger partial charge < -0.3 is 13.6 Å². The summed E-state index contributed by atoms with van der Waals surface area (Å²) in [6.45, 7) is 7.07. The molecule has 0 heterocycles. The Labute approximate surface area is 95.2 Å². The molecule has 0 unspecified atom stereocenters. The average Bonchev–Trinajstić information content (AvgIpc) is 2.18. The fourth-order valence-electron chi connectivity index (χ4n) is 1.59. The summed E-state index contributed by atoms with van der Waals surface area (Å²) >= 11 is 0. The Balaban J connectivity index is 3.65. The zero-order valence-corrected chi connectivity index (χ0v) is 11.4. The molecule has 0 amide bonds. The normalized spacial score (nSPS) is 12.0. The summed E-state index contributed by atoms with van der Waals surface area (Å²) in [5.41, 5.74) is 0. The second-order valence-corrected chi connectivity index (χ2v) is 6.25. The van der Waals surface area contributed by atoms with Crippen molar-refractivity contribution in [2.75, 3.05) is 13.2 Å². The van der Waals surface area contributed by atoms with E-state index in [1.54, 1.807) is 0 Å². The molecule has 0 aliphatic heterocycles. The Hall–Kier alpha value is 0.0969. The predicted molar refractivity (Wildman–Crippen MR) is 64.8 cm³/mol. The Morgan fingerprint density at radius 3 is 1.87 bits per heavy atom. The van der Waals surface area contributed by atoms with Gasteiger partial charge in [0, 0.05) is 19.3 Å². The Morgan fingerprint density at radius 2 is 1.40 bits per heavy atom. The maximum Gasteiger partial charge on any atom is 0.498 e. The molecule has 0 aromatic rings. The lowest BCUT2D eigenvalue weighted by molar-refractivity contribution is 0.107. The second-order valence-electron chi connectivity index (χ2n) is 3.74. The van der Waals surface area contributed by atoms with Crippen molar-refractivity contribution >= 4 is 8.80 Å². The van der Waals surface area contributed by atoms with Crippen LogP contribution in [0.2, 0.25) is 6.04 Å². The fraction of sp³-hybridized carbons (Fsp3) is 1.00. The number of hydrogen-bond donors (Lipinski definition) is 1. The molecule has 4 heteroatoms. The molecule has 0 saturated heterocycles. The molecule has 0 aliphatic rings. The summed E-state index contributed by atoms with van der Waals surface area (Å²) in [6, 6.07) is 0.707. The predicted octanol–water partition coefficient (Wildman–Crippen LogP) is 2.96. The van der Waals surface area contributed by atoms with Crippen LogP contribution in [-0.4, -0.2) is 26.8 Å². The van der Waals surface area contributed by atoms with E-state index in [0.29, 0.717) is 19.3 Å². The molecule has 92 valence electrons. The smallest absolute Gasteiger partial charge is 0.390 e. The summed E-state index contributed by atoms with van der Waals surface area (Å²) in [6.07, 6.45) is 5.97. The van der Waals surface area contributed by atoms with Crippen molar-refractivity contribution in [1.29, 1.82) is 0 Å². The molecule has 3 nitrogen and oxygen atoms in total.